The maximum Gasteiger partial charge on any atom is 1.00 e. The first-order chi connectivity index (χ1) is 5.57. The molecular weight excluding hydrogens is 191 g/mol. The summed E-state index contributed by atoms with van der Waals surface area (Å²) in [5.41, 5.74) is 0. The number of aldehydes is 1. The molecule has 0 saturated heterocycles. The van der Waals surface area contributed by atoms with Crippen LogP contribution in [-0.2, 0) is 14.3 Å². The number of hydrogen-bond acceptors (Lipinski definition) is 6. The van der Waals surface area contributed by atoms with Gasteiger partial charge in [0.1, 0.15) is 0 Å². The molecule has 0 spiro atoms. The van der Waals surface area contributed by atoms with Crippen molar-refractivity contribution in [2.24, 2.45) is 0 Å². The molecule has 0 saturated carbocycles. The van der Waals surface area contributed by atoms with E-state index in [9.17, 15) is 9.59 Å². The predicted molar refractivity (Wildman–Crippen MR) is 35.3 cm³/mol. The number of ether oxygens (including phenoxy) is 1. The molecule has 3 N–H and O–H groups in total. The minimum atomic E-state index is -1.65. The third-order valence-electron chi connectivity index (χ3n) is 1.39. The smallest absolute Gasteiger partial charge is 1.00 e. The van der Waals surface area contributed by atoms with E-state index in [1.54, 1.807) is 0 Å². The summed E-state index contributed by atoms with van der Waals surface area (Å²) in [5, 5.41) is 26.4. The zero-order valence-corrected chi connectivity index (χ0v) is 8.80. The number of rotatable bonds is 2. The summed E-state index contributed by atoms with van der Waals surface area (Å²) in [6.45, 7) is 0. The fourth-order valence-electron chi connectivity index (χ4n) is 0.769. The van der Waals surface area contributed by atoms with Crippen molar-refractivity contribution in [3.05, 3.63) is 11.5 Å². The van der Waals surface area contributed by atoms with Crippen molar-refractivity contribution in [2.45, 2.75) is 12.2 Å². The van der Waals surface area contributed by atoms with Gasteiger partial charge in [0, 0.05) is 0 Å². The Hall–Kier alpha value is -0.560. The van der Waals surface area contributed by atoms with Crippen molar-refractivity contribution in [3.8, 4) is 0 Å². The van der Waals surface area contributed by atoms with Gasteiger partial charge in [0.2, 0.25) is 5.76 Å². The van der Waals surface area contributed by atoms with E-state index >= 15 is 0 Å². The standard InChI is InChI=1S/C6H6O6.Na.H/c7-1-2(8)5-3(9)4(10)6(11)12-5;;/h1-2,5,8-10H;;/q;+1;-1/t2-,5+;;/m0../s1. The molecule has 0 aliphatic carbocycles. The molecule has 7 heteroatoms. The van der Waals surface area contributed by atoms with Crippen LogP contribution in [0.3, 0.4) is 0 Å². The van der Waals surface area contributed by atoms with Crippen LogP contribution in [0.5, 0.6) is 0 Å². The van der Waals surface area contributed by atoms with Crippen LogP contribution in [0.15, 0.2) is 11.5 Å². The van der Waals surface area contributed by atoms with Gasteiger partial charge in [-0.25, -0.2) is 4.79 Å². The fourth-order valence-corrected chi connectivity index (χ4v) is 0.769. The number of cyclic esters (lactones) is 1. The molecular formula is C6H7NaO6. The Labute approximate surface area is 96.6 Å². The van der Waals surface area contributed by atoms with E-state index in [4.69, 9.17) is 15.3 Å². The van der Waals surface area contributed by atoms with Crippen molar-refractivity contribution in [3.63, 3.8) is 0 Å². The summed E-state index contributed by atoms with van der Waals surface area (Å²) in [6.07, 6.45) is -3.04. The van der Waals surface area contributed by atoms with E-state index in [1.165, 1.54) is 0 Å². The minimum absolute atomic E-state index is 0. The molecule has 0 bridgehead atoms. The van der Waals surface area contributed by atoms with Gasteiger partial charge in [0.15, 0.2) is 24.3 Å². The van der Waals surface area contributed by atoms with Gasteiger partial charge in [0.25, 0.3) is 0 Å². The van der Waals surface area contributed by atoms with Crippen LogP contribution in [-0.4, -0.2) is 39.8 Å². The Balaban J connectivity index is 0. The van der Waals surface area contributed by atoms with Crippen molar-refractivity contribution in [2.75, 3.05) is 0 Å². The number of carbonyl (C=O) groups excluding carboxylic acids is 2. The molecule has 1 aliphatic rings. The van der Waals surface area contributed by atoms with Crippen molar-refractivity contribution >= 4 is 12.3 Å². The summed E-state index contributed by atoms with van der Waals surface area (Å²) < 4.78 is 4.24. The summed E-state index contributed by atoms with van der Waals surface area (Å²) in [4.78, 5) is 20.5. The average Bonchev–Trinajstić information content (AvgIpc) is 2.32. The number of aliphatic hydroxyl groups excluding tert-OH is 3. The van der Waals surface area contributed by atoms with Gasteiger partial charge in [0.05, 0.1) is 0 Å². The van der Waals surface area contributed by atoms with Crippen LogP contribution in [0.4, 0.5) is 0 Å². The van der Waals surface area contributed by atoms with Crippen LogP contribution in [0, 0.1) is 0 Å². The maximum atomic E-state index is 10.5. The average molecular weight is 198 g/mol. The molecule has 0 aromatic carbocycles. The van der Waals surface area contributed by atoms with Gasteiger partial charge < -0.3 is 26.3 Å². The van der Waals surface area contributed by atoms with E-state index in [0.717, 1.165) is 0 Å². The maximum absolute atomic E-state index is 10.5. The molecule has 0 amide bonds. The zero-order valence-electron chi connectivity index (χ0n) is 7.80. The molecule has 0 unspecified atom stereocenters. The van der Waals surface area contributed by atoms with Gasteiger partial charge in [-0.1, -0.05) is 0 Å². The van der Waals surface area contributed by atoms with Crippen LogP contribution >= 0.6 is 0 Å². The Morgan fingerprint density at radius 1 is 1.54 bits per heavy atom. The van der Waals surface area contributed by atoms with Crippen LogP contribution < -0.4 is 29.6 Å². The van der Waals surface area contributed by atoms with E-state index < -0.39 is 29.7 Å². The second-order valence-corrected chi connectivity index (χ2v) is 2.19. The van der Waals surface area contributed by atoms with E-state index in [0.29, 0.717) is 0 Å². The normalized spacial score (nSPS) is 23.5. The summed E-state index contributed by atoms with van der Waals surface area (Å²) in [6, 6.07) is 0. The van der Waals surface area contributed by atoms with Crippen molar-refractivity contribution in [1.82, 2.24) is 0 Å². The van der Waals surface area contributed by atoms with Gasteiger partial charge in [-0.15, -0.1) is 0 Å². The number of carbonyl (C=O) groups is 2. The number of esters is 1. The zero-order chi connectivity index (χ0) is 9.30. The molecule has 1 aliphatic heterocycles. The molecule has 0 aromatic heterocycles. The molecule has 1 rings (SSSR count). The number of aliphatic hydroxyl groups is 3. The molecule has 13 heavy (non-hydrogen) atoms. The summed E-state index contributed by atoms with van der Waals surface area (Å²) in [7, 11) is 0. The molecule has 68 valence electrons. The van der Waals surface area contributed by atoms with Crippen molar-refractivity contribution in [1.29, 1.82) is 0 Å². The topological polar surface area (TPSA) is 104 Å². The first kappa shape index (κ1) is 12.4. The third kappa shape index (κ3) is 2.22. The van der Waals surface area contributed by atoms with E-state index in [2.05, 4.69) is 4.74 Å². The third-order valence-corrected chi connectivity index (χ3v) is 1.39. The quantitative estimate of drug-likeness (QED) is 0.237. The van der Waals surface area contributed by atoms with E-state index in [-0.39, 0.29) is 37.3 Å². The monoisotopic (exact) mass is 198 g/mol. The molecule has 0 radical (unpaired) electrons. The second-order valence-electron chi connectivity index (χ2n) is 2.19. The summed E-state index contributed by atoms with van der Waals surface area (Å²) >= 11 is 0. The van der Waals surface area contributed by atoms with Gasteiger partial charge in [-0.05, 0) is 0 Å². The van der Waals surface area contributed by atoms with Crippen molar-refractivity contribution < 1.29 is 60.6 Å². The molecule has 1 heterocycles. The van der Waals surface area contributed by atoms with Crippen LogP contribution in [0.25, 0.3) is 0 Å². The predicted octanol–water partition coefficient (Wildman–Crippen LogP) is -4.08. The minimum Gasteiger partial charge on any atom is -1.00 e. The fraction of sp³-hybridized carbons (Fsp3) is 0.333. The van der Waals surface area contributed by atoms with Crippen LogP contribution in [0.2, 0.25) is 0 Å². The first-order valence-electron chi connectivity index (χ1n) is 3.04. The second kappa shape index (κ2) is 4.61. The Morgan fingerprint density at radius 2 is 2.08 bits per heavy atom. The number of hydrogen-bond donors (Lipinski definition) is 3. The molecule has 0 aromatic rings. The Bertz CT molecular complexity index is 265. The Morgan fingerprint density at radius 3 is 2.38 bits per heavy atom. The van der Waals surface area contributed by atoms with E-state index in [1.807, 2.05) is 0 Å². The first-order valence-corrected chi connectivity index (χ1v) is 3.04. The summed E-state index contributed by atoms with van der Waals surface area (Å²) in [5.74, 6) is -2.95. The molecule has 6 nitrogen and oxygen atoms in total. The van der Waals surface area contributed by atoms with Gasteiger partial charge in [-0.3, -0.25) is 0 Å². The Kier molecular flexibility index (Phi) is 4.41. The van der Waals surface area contributed by atoms with Gasteiger partial charge in [-0.2, -0.15) is 0 Å². The van der Waals surface area contributed by atoms with Crippen LogP contribution in [0.1, 0.15) is 1.43 Å². The SMILES string of the molecule is O=C[C@H](O)[C@H]1OC(=O)C(O)=C1O.[H-].[Na+]. The molecule has 0 fully saturated rings. The van der Waals surface area contributed by atoms with Gasteiger partial charge >= 0.3 is 35.5 Å². The largest absolute Gasteiger partial charge is 1.00 e. The molecule has 2 atom stereocenters.